The molecule has 3 aromatic rings. The molecular formula is C13H9ClN4. The summed E-state index contributed by atoms with van der Waals surface area (Å²) in [4.78, 5) is 12.9. The molecule has 1 N–H and O–H groups in total. The first kappa shape index (κ1) is 10.9. The quantitative estimate of drug-likeness (QED) is 0.763. The van der Waals surface area contributed by atoms with Crippen molar-refractivity contribution in [2.24, 2.45) is 0 Å². The van der Waals surface area contributed by atoms with E-state index in [4.69, 9.17) is 11.6 Å². The Morgan fingerprint density at radius 3 is 2.33 bits per heavy atom. The van der Waals surface area contributed by atoms with Crippen LogP contribution in [0.1, 0.15) is 0 Å². The molecule has 0 bridgehead atoms. The Balaban J connectivity index is 2.04. The number of aromatic nitrogens is 3. The molecule has 2 heterocycles. The number of halogens is 1. The van der Waals surface area contributed by atoms with Gasteiger partial charge in [-0.3, -0.25) is 0 Å². The SMILES string of the molecule is Clc1nc2ccccc2nc1Nc1ccccn1. The molecule has 0 saturated heterocycles. The topological polar surface area (TPSA) is 50.7 Å². The summed E-state index contributed by atoms with van der Waals surface area (Å²) >= 11 is 6.09. The minimum Gasteiger partial charge on any atom is -0.322 e. The standard InChI is InChI=1S/C13H9ClN4/c14-12-13(18-11-7-3-4-8-15-11)17-10-6-2-1-5-9(10)16-12/h1-8H,(H,15,17,18). The first-order valence-corrected chi connectivity index (χ1v) is 5.81. The molecule has 3 rings (SSSR count). The third-order valence-electron chi connectivity index (χ3n) is 2.44. The molecule has 0 saturated carbocycles. The molecule has 88 valence electrons. The third-order valence-corrected chi connectivity index (χ3v) is 2.70. The molecule has 0 unspecified atom stereocenters. The van der Waals surface area contributed by atoms with Crippen LogP contribution in [-0.2, 0) is 0 Å². The minimum atomic E-state index is 0.333. The van der Waals surface area contributed by atoms with Crippen LogP contribution in [0.15, 0.2) is 48.7 Å². The first-order chi connectivity index (χ1) is 8.83. The maximum Gasteiger partial charge on any atom is 0.172 e. The van der Waals surface area contributed by atoms with Gasteiger partial charge in [0.15, 0.2) is 11.0 Å². The number of rotatable bonds is 2. The summed E-state index contributed by atoms with van der Waals surface area (Å²) < 4.78 is 0. The number of anilines is 2. The maximum atomic E-state index is 6.09. The van der Waals surface area contributed by atoms with Crippen molar-refractivity contribution in [3.63, 3.8) is 0 Å². The van der Waals surface area contributed by atoms with Gasteiger partial charge in [-0.2, -0.15) is 0 Å². The van der Waals surface area contributed by atoms with Gasteiger partial charge in [-0.05, 0) is 24.3 Å². The van der Waals surface area contributed by atoms with Crippen molar-refractivity contribution in [1.29, 1.82) is 0 Å². The number of nitrogens with zero attached hydrogens (tertiary/aromatic N) is 3. The number of para-hydroxylation sites is 2. The van der Waals surface area contributed by atoms with E-state index in [1.807, 2.05) is 42.5 Å². The van der Waals surface area contributed by atoms with Gasteiger partial charge in [0, 0.05) is 6.20 Å². The highest BCUT2D eigenvalue weighted by Gasteiger charge is 2.06. The number of hydrogen-bond donors (Lipinski definition) is 1. The normalized spacial score (nSPS) is 10.5. The Kier molecular flexibility index (Phi) is 2.78. The number of nitrogens with one attached hydrogen (secondary N) is 1. The molecule has 0 aliphatic rings. The van der Waals surface area contributed by atoms with Crippen LogP contribution in [0.2, 0.25) is 5.15 Å². The molecule has 0 fully saturated rings. The number of hydrogen-bond acceptors (Lipinski definition) is 4. The van der Waals surface area contributed by atoms with E-state index in [0.29, 0.717) is 16.8 Å². The van der Waals surface area contributed by atoms with E-state index in [1.165, 1.54) is 0 Å². The Bertz CT molecular complexity index is 685. The van der Waals surface area contributed by atoms with Crippen molar-refractivity contribution in [1.82, 2.24) is 15.0 Å². The number of benzene rings is 1. The summed E-state index contributed by atoms with van der Waals surface area (Å²) in [5.41, 5.74) is 1.56. The molecule has 0 aliphatic heterocycles. The van der Waals surface area contributed by atoms with Crippen LogP contribution < -0.4 is 5.32 Å². The van der Waals surface area contributed by atoms with E-state index in [0.717, 1.165) is 11.0 Å². The molecule has 0 aliphatic carbocycles. The fourth-order valence-corrected chi connectivity index (χ4v) is 1.80. The smallest absolute Gasteiger partial charge is 0.172 e. The van der Waals surface area contributed by atoms with E-state index in [1.54, 1.807) is 6.20 Å². The lowest BCUT2D eigenvalue weighted by Gasteiger charge is -2.07. The fraction of sp³-hybridized carbons (Fsp3) is 0. The van der Waals surface area contributed by atoms with Crippen molar-refractivity contribution in [2.75, 3.05) is 5.32 Å². The molecule has 0 spiro atoms. The van der Waals surface area contributed by atoms with Crippen LogP contribution in [0.4, 0.5) is 11.6 Å². The summed E-state index contributed by atoms with van der Waals surface area (Å²) in [6.45, 7) is 0. The second-order valence-corrected chi connectivity index (χ2v) is 4.05. The monoisotopic (exact) mass is 256 g/mol. The van der Waals surface area contributed by atoms with Crippen molar-refractivity contribution in [3.8, 4) is 0 Å². The van der Waals surface area contributed by atoms with Gasteiger partial charge < -0.3 is 5.32 Å². The molecule has 2 aromatic heterocycles. The van der Waals surface area contributed by atoms with Crippen LogP contribution in [0.3, 0.4) is 0 Å². The fourth-order valence-electron chi connectivity index (χ4n) is 1.62. The van der Waals surface area contributed by atoms with Crippen LogP contribution in [0, 0.1) is 0 Å². The average molecular weight is 257 g/mol. The Morgan fingerprint density at radius 1 is 0.889 bits per heavy atom. The van der Waals surface area contributed by atoms with Gasteiger partial charge in [-0.15, -0.1) is 0 Å². The van der Waals surface area contributed by atoms with Crippen LogP contribution in [-0.4, -0.2) is 15.0 Å². The molecule has 0 radical (unpaired) electrons. The molecule has 1 aromatic carbocycles. The van der Waals surface area contributed by atoms with Crippen molar-refractivity contribution >= 4 is 34.3 Å². The highest BCUT2D eigenvalue weighted by molar-refractivity contribution is 6.32. The summed E-state index contributed by atoms with van der Waals surface area (Å²) in [7, 11) is 0. The predicted octanol–water partition coefficient (Wildman–Crippen LogP) is 3.42. The zero-order valence-corrected chi connectivity index (χ0v) is 10.1. The molecule has 0 amide bonds. The zero-order valence-electron chi connectivity index (χ0n) is 9.34. The number of fused-ring (bicyclic) bond motifs is 1. The first-order valence-electron chi connectivity index (χ1n) is 5.43. The Labute approximate surface area is 109 Å². The molecule has 4 nitrogen and oxygen atoms in total. The lowest BCUT2D eigenvalue weighted by molar-refractivity contribution is 1.24. The van der Waals surface area contributed by atoms with Gasteiger partial charge in [-0.1, -0.05) is 29.8 Å². The van der Waals surface area contributed by atoms with Gasteiger partial charge >= 0.3 is 0 Å². The van der Waals surface area contributed by atoms with Gasteiger partial charge in [0.2, 0.25) is 0 Å². The van der Waals surface area contributed by atoms with E-state index >= 15 is 0 Å². The second kappa shape index (κ2) is 4.58. The van der Waals surface area contributed by atoms with Crippen LogP contribution in [0.5, 0.6) is 0 Å². The van der Waals surface area contributed by atoms with E-state index in [-0.39, 0.29) is 0 Å². The molecule has 5 heteroatoms. The molecular weight excluding hydrogens is 248 g/mol. The highest BCUT2D eigenvalue weighted by atomic mass is 35.5. The lowest BCUT2D eigenvalue weighted by Crippen LogP contribution is -1.98. The number of pyridine rings is 1. The van der Waals surface area contributed by atoms with Crippen LogP contribution >= 0.6 is 11.6 Å². The third kappa shape index (κ3) is 2.10. The summed E-state index contributed by atoms with van der Waals surface area (Å²) in [5.74, 6) is 1.19. The summed E-state index contributed by atoms with van der Waals surface area (Å²) in [6, 6.07) is 13.2. The summed E-state index contributed by atoms with van der Waals surface area (Å²) in [5, 5.41) is 3.38. The van der Waals surface area contributed by atoms with Gasteiger partial charge in [0.05, 0.1) is 11.0 Å². The average Bonchev–Trinajstić information content (AvgIpc) is 2.41. The largest absolute Gasteiger partial charge is 0.322 e. The van der Waals surface area contributed by atoms with E-state index in [2.05, 4.69) is 20.3 Å². The van der Waals surface area contributed by atoms with Gasteiger partial charge in [0.25, 0.3) is 0 Å². The van der Waals surface area contributed by atoms with Crippen molar-refractivity contribution < 1.29 is 0 Å². The maximum absolute atomic E-state index is 6.09. The van der Waals surface area contributed by atoms with E-state index < -0.39 is 0 Å². The van der Waals surface area contributed by atoms with Gasteiger partial charge in [0.1, 0.15) is 5.82 Å². The predicted molar refractivity (Wildman–Crippen MR) is 72.1 cm³/mol. The summed E-state index contributed by atoms with van der Waals surface area (Å²) in [6.07, 6.45) is 1.70. The molecule has 18 heavy (non-hydrogen) atoms. The molecule has 0 atom stereocenters. The minimum absolute atomic E-state index is 0.333. The van der Waals surface area contributed by atoms with Crippen LogP contribution in [0.25, 0.3) is 11.0 Å². The van der Waals surface area contributed by atoms with Crippen molar-refractivity contribution in [2.45, 2.75) is 0 Å². The Hall–Kier alpha value is -2.20. The highest BCUT2D eigenvalue weighted by Crippen LogP contribution is 2.23. The lowest BCUT2D eigenvalue weighted by atomic mass is 10.3. The second-order valence-electron chi connectivity index (χ2n) is 3.69. The van der Waals surface area contributed by atoms with E-state index in [9.17, 15) is 0 Å². The van der Waals surface area contributed by atoms with Crippen molar-refractivity contribution in [3.05, 3.63) is 53.8 Å². The zero-order chi connectivity index (χ0) is 12.4. The Morgan fingerprint density at radius 2 is 1.61 bits per heavy atom. The van der Waals surface area contributed by atoms with Gasteiger partial charge in [-0.25, -0.2) is 15.0 Å².